The van der Waals surface area contributed by atoms with E-state index in [1.807, 2.05) is 18.2 Å². The van der Waals surface area contributed by atoms with Gasteiger partial charge < -0.3 is 5.73 Å². The van der Waals surface area contributed by atoms with Crippen molar-refractivity contribution >= 4 is 29.8 Å². The van der Waals surface area contributed by atoms with E-state index in [9.17, 15) is 0 Å². The van der Waals surface area contributed by atoms with Crippen molar-refractivity contribution in [1.82, 2.24) is 0 Å². The Hall–Kier alpha value is -2.22. The van der Waals surface area contributed by atoms with Crippen LogP contribution in [0.25, 0.3) is 10.8 Å². The second-order valence-corrected chi connectivity index (χ2v) is 4.82. The van der Waals surface area contributed by atoms with Crippen molar-refractivity contribution in [3.8, 4) is 0 Å². The maximum Gasteiger partial charge on any atom is 0.113 e. The maximum atomic E-state index is 6.00. The van der Waals surface area contributed by atoms with Crippen LogP contribution in [0.2, 0.25) is 0 Å². The molecule has 0 bridgehead atoms. The molecular formula is C17H14BN. The largest absolute Gasteiger partial charge is 0.399 e. The molecular weight excluding hydrogens is 229 g/mol. The molecule has 1 nitrogen and oxygen atoms in total. The number of rotatable bonds is 2. The van der Waals surface area contributed by atoms with Crippen LogP contribution >= 0.6 is 0 Å². The van der Waals surface area contributed by atoms with Crippen LogP contribution in [0, 0.1) is 0 Å². The van der Waals surface area contributed by atoms with Gasteiger partial charge in [-0.1, -0.05) is 60.1 Å². The Kier molecular flexibility index (Phi) is 3.00. The van der Waals surface area contributed by atoms with Crippen LogP contribution < -0.4 is 11.2 Å². The van der Waals surface area contributed by atoms with Gasteiger partial charge in [-0.2, -0.15) is 0 Å². The first-order valence-electron chi connectivity index (χ1n) is 6.34. The van der Waals surface area contributed by atoms with E-state index in [4.69, 9.17) is 13.6 Å². The zero-order valence-corrected chi connectivity index (χ0v) is 10.6. The Labute approximate surface area is 114 Å². The van der Waals surface area contributed by atoms with E-state index in [2.05, 4.69) is 42.5 Å². The van der Waals surface area contributed by atoms with Gasteiger partial charge in [-0.3, -0.25) is 0 Å². The Morgan fingerprint density at radius 3 is 2.42 bits per heavy atom. The molecule has 3 aromatic rings. The summed E-state index contributed by atoms with van der Waals surface area (Å²) in [6.07, 6.45) is 0.830. The SMILES string of the molecule is [B]c1ccc(Cc2ccc3ccccc3c2)c(N)c1. The second-order valence-electron chi connectivity index (χ2n) is 4.82. The van der Waals surface area contributed by atoms with Gasteiger partial charge in [0.15, 0.2) is 0 Å². The Balaban J connectivity index is 1.96. The highest BCUT2D eigenvalue weighted by Crippen LogP contribution is 2.20. The molecule has 2 N–H and O–H groups in total. The van der Waals surface area contributed by atoms with Crippen LogP contribution in [0.5, 0.6) is 0 Å². The van der Waals surface area contributed by atoms with Crippen molar-refractivity contribution in [2.75, 3.05) is 5.73 Å². The highest BCUT2D eigenvalue weighted by atomic mass is 14.6. The van der Waals surface area contributed by atoms with Crippen LogP contribution in [0.15, 0.2) is 60.7 Å². The summed E-state index contributed by atoms with van der Waals surface area (Å²) in [5.74, 6) is 0. The normalized spacial score (nSPS) is 10.7. The molecule has 0 saturated carbocycles. The fraction of sp³-hybridized carbons (Fsp3) is 0.0588. The maximum absolute atomic E-state index is 6.00. The van der Waals surface area contributed by atoms with Crippen molar-refractivity contribution in [2.24, 2.45) is 0 Å². The van der Waals surface area contributed by atoms with Gasteiger partial charge in [0, 0.05) is 5.69 Å². The predicted octanol–water partition coefficient (Wildman–Crippen LogP) is 2.81. The van der Waals surface area contributed by atoms with Gasteiger partial charge in [0.1, 0.15) is 7.85 Å². The van der Waals surface area contributed by atoms with Crippen LogP contribution in [-0.2, 0) is 6.42 Å². The first kappa shape index (κ1) is 11.9. The zero-order valence-electron chi connectivity index (χ0n) is 10.6. The van der Waals surface area contributed by atoms with Crippen LogP contribution in [0.3, 0.4) is 0 Å². The third-order valence-electron chi connectivity index (χ3n) is 3.38. The summed E-state index contributed by atoms with van der Waals surface area (Å²) in [6, 6.07) is 20.6. The van der Waals surface area contributed by atoms with Crippen LogP contribution in [0.1, 0.15) is 11.1 Å². The molecule has 2 heteroatoms. The van der Waals surface area contributed by atoms with E-state index in [-0.39, 0.29) is 0 Å². The molecule has 3 rings (SSSR count). The van der Waals surface area contributed by atoms with E-state index in [0.717, 1.165) is 17.7 Å². The number of benzene rings is 3. The molecule has 0 aliphatic rings. The smallest absolute Gasteiger partial charge is 0.113 e. The van der Waals surface area contributed by atoms with E-state index >= 15 is 0 Å². The van der Waals surface area contributed by atoms with E-state index in [1.165, 1.54) is 16.3 Å². The van der Waals surface area contributed by atoms with Crippen molar-refractivity contribution in [1.29, 1.82) is 0 Å². The Bertz CT molecular complexity index is 734. The average Bonchev–Trinajstić information content (AvgIpc) is 2.42. The minimum Gasteiger partial charge on any atom is -0.399 e. The number of anilines is 1. The van der Waals surface area contributed by atoms with Crippen molar-refractivity contribution in [2.45, 2.75) is 6.42 Å². The highest BCUT2D eigenvalue weighted by Gasteiger charge is 2.02. The van der Waals surface area contributed by atoms with Gasteiger partial charge in [-0.05, 0) is 34.4 Å². The molecule has 0 heterocycles. The van der Waals surface area contributed by atoms with Gasteiger partial charge in [0.05, 0.1) is 0 Å². The molecule has 0 aliphatic carbocycles. The second kappa shape index (κ2) is 4.81. The first-order valence-corrected chi connectivity index (χ1v) is 6.34. The number of hydrogen-bond donors (Lipinski definition) is 1. The lowest BCUT2D eigenvalue weighted by Gasteiger charge is -2.08. The third kappa shape index (κ3) is 2.48. The summed E-state index contributed by atoms with van der Waals surface area (Å²) < 4.78 is 0. The molecule has 3 aromatic carbocycles. The van der Waals surface area contributed by atoms with E-state index < -0.39 is 0 Å². The summed E-state index contributed by atoms with van der Waals surface area (Å²) >= 11 is 0. The zero-order chi connectivity index (χ0) is 13.2. The average molecular weight is 243 g/mol. The highest BCUT2D eigenvalue weighted by molar-refractivity contribution is 6.32. The van der Waals surface area contributed by atoms with Crippen LogP contribution in [0.4, 0.5) is 5.69 Å². The van der Waals surface area contributed by atoms with Gasteiger partial charge in [-0.15, -0.1) is 0 Å². The van der Waals surface area contributed by atoms with Gasteiger partial charge >= 0.3 is 0 Å². The number of nitrogen functional groups attached to an aromatic ring is 1. The summed E-state index contributed by atoms with van der Waals surface area (Å²) in [5.41, 5.74) is 9.84. The van der Waals surface area contributed by atoms with Gasteiger partial charge in [-0.25, -0.2) is 0 Å². The van der Waals surface area contributed by atoms with Crippen molar-refractivity contribution < 1.29 is 0 Å². The molecule has 0 fully saturated rings. The summed E-state index contributed by atoms with van der Waals surface area (Å²) in [5, 5.41) is 2.52. The molecule has 0 spiro atoms. The Morgan fingerprint density at radius 1 is 0.842 bits per heavy atom. The number of fused-ring (bicyclic) bond motifs is 1. The standard InChI is InChI=1S/C17H14BN/c18-16-8-7-15(17(19)11-16)10-12-5-6-13-3-1-2-4-14(13)9-12/h1-9,11H,10,19H2. The first-order chi connectivity index (χ1) is 9.22. The molecule has 0 aromatic heterocycles. The van der Waals surface area contributed by atoms with Gasteiger partial charge in [0.2, 0.25) is 0 Å². The lowest BCUT2D eigenvalue weighted by molar-refractivity contribution is 1.21. The molecule has 2 radical (unpaired) electrons. The van der Waals surface area contributed by atoms with Gasteiger partial charge in [0.25, 0.3) is 0 Å². The van der Waals surface area contributed by atoms with E-state index in [1.54, 1.807) is 0 Å². The summed E-state index contributed by atoms with van der Waals surface area (Å²) in [4.78, 5) is 0. The monoisotopic (exact) mass is 243 g/mol. The minimum absolute atomic E-state index is 0.708. The molecule has 19 heavy (non-hydrogen) atoms. The topological polar surface area (TPSA) is 26.0 Å². The lowest BCUT2D eigenvalue weighted by Crippen LogP contribution is -2.06. The molecule has 0 unspecified atom stereocenters. The van der Waals surface area contributed by atoms with Crippen molar-refractivity contribution in [3.63, 3.8) is 0 Å². The van der Waals surface area contributed by atoms with Crippen molar-refractivity contribution in [3.05, 3.63) is 71.8 Å². The number of nitrogens with two attached hydrogens (primary N) is 1. The minimum atomic E-state index is 0.708. The molecule has 90 valence electrons. The third-order valence-corrected chi connectivity index (χ3v) is 3.38. The number of hydrogen-bond acceptors (Lipinski definition) is 1. The lowest BCUT2D eigenvalue weighted by atomic mass is 9.92. The fourth-order valence-corrected chi connectivity index (χ4v) is 2.34. The molecule has 0 atom stereocenters. The molecule has 0 amide bonds. The Morgan fingerprint density at radius 2 is 1.63 bits per heavy atom. The quantitative estimate of drug-likeness (QED) is 0.543. The summed E-state index contributed by atoms with van der Waals surface area (Å²) in [7, 11) is 5.72. The molecule has 0 saturated heterocycles. The van der Waals surface area contributed by atoms with Crippen LogP contribution in [-0.4, -0.2) is 7.85 Å². The summed E-state index contributed by atoms with van der Waals surface area (Å²) in [6.45, 7) is 0. The predicted molar refractivity (Wildman–Crippen MR) is 83.0 cm³/mol. The molecule has 0 aliphatic heterocycles. The van der Waals surface area contributed by atoms with E-state index in [0.29, 0.717) is 5.46 Å². The fourth-order valence-electron chi connectivity index (χ4n) is 2.34.